The Hall–Kier alpha value is -2.21. The number of hydrogen-bond acceptors (Lipinski definition) is 6. The quantitative estimate of drug-likeness (QED) is 0.215. The SMILES string of the molecule is CCO/C(CC)=C(\OCC)C(=O)OOC(C)Oc1ccccc1. The molecule has 128 valence electrons. The topological polar surface area (TPSA) is 63.2 Å². The molecule has 6 heteroatoms. The third-order valence-corrected chi connectivity index (χ3v) is 2.67. The van der Waals surface area contributed by atoms with Crippen molar-refractivity contribution in [1.29, 1.82) is 0 Å². The Morgan fingerprint density at radius 2 is 1.70 bits per heavy atom. The van der Waals surface area contributed by atoms with Crippen LogP contribution in [0.25, 0.3) is 0 Å². The first-order valence-electron chi connectivity index (χ1n) is 7.70. The molecule has 0 aliphatic carbocycles. The lowest BCUT2D eigenvalue weighted by molar-refractivity contribution is -0.329. The van der Waals surface area contributed by atoms with Crippen molar-refractivity contribution in [2.45, 2.75) is 40.4 Å². The van der Waals surface area contributed by atoms with Gasteiger partial charge in [-0.2, -0.15) is 0 Å². The largest absolute Gasteiger partial charge is 0.494 e. The number of rotatable bonds is 10. The van der Waals surface area contributed by atoms with Crippen LogP contribution in [0.5, 0.6) is 5.75 Å². The van der Waals surface area contributed by atoms with Crippen molar-refractivity contribution in [2.75, 3.05) is 13.2 Å². The standard InChI is InChI=1S/C17H24O6/c1-5-15(19-6-2)16(20-7-3)17(18)23-22-13(4)21-14-11-9-8-10-12-14/h8-13H,5-7H2,1-4H3/b16-15-. The van der Waals surface area contributed by atoms with E-state index in [1.54, 1.807) is 26.0 Å². The Morgan fingerprint density at radius 3 is 2.26 bits per heavy atom. The molecule has 1 unspecified atom stereocenters. The molecule has 23 heavy (non-hydrogen) atoms. The average Bonchev–Trinajstić information content (AvgIpc) is 2.56. The van der Waals surface area contributed by atoms with E-state index < -0.39 is 12.3 Å². The number of allylic oxidation sites excluding steroid dienone is 1. The zero-order chi connectivity index (χ0) is 17.1. The number of carbonyl (C=O) groups excluding carboxylic acids is 1. The second kappa shape index (κ2) is 10.5. The van der Waals surface area contributed by atoms with Gasteiger partial charge in [-0.15, -0.1) is 4.89 Å². The van der Waals surface area contributed by atoms with Crippen LogP contribution in [0.2, 0.25) is 0 Å². The highest BCUT2D eigenvalue weighted by molar-refractivity contribution is 5.86. The van der Waals surface area contributed by atoms with Crippen molar-refractivity contribution in [3.8, 4) is 5.75 Å². The van der Waals surface area contributed by atoms with E-state index in [2.05, 4.69) is 0 Å². The summed E-state index contributed by atoms with van der Waals surface area (Å²) in [5, 5.41) is 0. The normalized spacial score (nSPS) is 12.9. The average molecular weight is 324 g/mol. The Balaban J connectivity index is 2.61. The number of benzene rings is 1. The lowest BCUT2D eigenvalue weighted by Gasteiger charge is -2.16. The maximum atomic E-state index is 12.1. The van der Waals surface area contributed by atoms with Gasteiger partial charge in [0.05, 0.1) is 13.2 Å². The molecule has 0 bridgehead atoms. The molecule has 0 amide bonds. The minimum Gasteiger partial charge on any atom is -0.494 e. The van der Waals surface area contributed by atoms with Crippen LogP contribution in [-0.2, 0) is 24.0 Å². The molecule has 0 aliphatic rings. The summed E-state index contributed by atoms with van der Waals surface area (Å²) in [5.41, 5.74) is 0. The van der Waals surface area contributed by atoms with E-state index in [4.69, 9.17) is 24.0 Å². The Labute approximate surface area is 136 Å². The maximum Gasteiger partial charge on any atom is 0.411 e. The van der Waals surface area contributed by atoms with Crippen molar-refractivity contribution in [1.82, 2.24) is 0 Å². The first kappa shape index (κ1) is 18.8. The van der Waals surface area contributed by atoms with Gasteiger partial charge in [0, 0.05) is 13.3 Å². The highest BCUT2D eigenvalue weighted by atomic mass is 17.2. The highest BCUT2D eigenvalue weighted by Gasteiger charge is 2.21. The first-order chi connectivity index (χ1) is 11.1. The van der Waals surface area contributed by atoms with Crippen LogP contribution >= 0.6 is 0 Å². The van der Waals surface area contributed by atoms with Crippen LogP contribution in [0, 0.1) is 0 Å². The number of carbonyl (C=O) groups is 1. The van der Waals surface area contributed by atoms with Crippen molar-refractivity contribution in [2.24, 2.45) is 0 Å². The predicted octanol–water partition coefficient (Wildman–Crippen LogP) is 3.58. The van der Waals surface area contributed by atoms with E-state index in [0.29, 0.717) is 31.1 Å². The number of ether oxygens (including phenoxy) is 3. The van der Waals surface area contributed by atoms with Crippen LogP contribution in [0.15, 0.2) is 41.9 Å². The summed E-state index contributed by atoms with van der Waals surface area (Å²) in [5.74, 6) is 0.309. The number of hydrogen-bond donors (Lipinski definition) is 0. The van der Waals surface area contributed by atoms with Crippen LogP contribution in [0.4, 0.5) is 0 Å². The van der Waals surface area contributed by atoms with E-state index in [0.717, 1.165) is 0 Å². The smallest absolute Gasteiger partial charge is 0.411 e. The lowest BCUT2D eigenvalue weighted by Crippen LogP contribution is -2.21. The van der Waals surface area contributed by atoms with Crippen LogP contribution in [-0.4, -0.2) is 25.5 Å². The van der Waals surface area contributed by atoms with Gasteiger partial charge in [0.2, 0.25) is 12.0 Å². The minimum atomic E-state index is -0.763. The van der Waals surface area contributed by atoms with E-state index in [9.17, 15) is 4.79 Å². The summed E-state index contributed by atoms with van der Waals surface area (Å²) >= 11 is 0. The summed E-state index contributed by atoms with van der Waals surface area (Å²) in [6, 6.07) is 9.09. The zero-order valence-electron chi connectivity index (χ0n) is 14.0. The molecule has 0 aromatic heterocycles. The molecule has 0 fully saturated rings. The number of para-hydroxylation sites is 1. The fourth-order valence-corrected chi connectivity index (χ4v) is 1.76. The third kappa shape index (κ3) is 6.61. The van der Waals surface area contributed by atoms with Crippen molar-refractivity contribution in [3.05, 3.63) is 41.9 Å². The van der Waals surface area contributed by atoms with Gasteiger partial charge in [-0.25, -0.2) is 4.79 Å². The van der Waals surface area contributed by atoms with Gasteiger partial charge < -0.3 is 14.2 Å². The molecule has 1 aromatic rings. The molecule has 0 aliphatic heterocycles. The van der Waals surface area contributed by atoms with Crippen molar-refractivity contribution in [3.63, 3.8) is 0 Å². The van der Waals surface area contributed by atoms with Gasteiger partial charge >= 0.3 is 5.97 Å². The Kier molecular flexibility index (Phi) is 8.60. The molecule has 0 saturated heterocycles. The second-order valence-electron chi connectivity index (χ2n) is 4.44. The Morgan fingerprint density at radius 1 is 1.04 bits per heavy atom. The minimum absolute atomic E-state index is 0.0174. The lowest BCUT2D eigenvalue weighted by atomic mass is 10.3. The molecular weight excluding hydrogens is 300 g/mol. The molecule has 0 saturated carbocycles. The summed E-state index contributed by atoms with van der Waals surface area (Å²) < 4.78 is 16.2. The Bertz CT molecular complexity index is 497. The molecule has 1 rings (SSSR count). The molecule has 0 N–H and O–H groups in total. The van der Waals surface area contributed by atoms with E-state index in [-0.39, 0.29) is 5.76 Å². The summed E-state index contributed by atoms with van der Waals surface area (Å²) in [4.78, 5) is 21.9. The highest BCUT2D eigenvalue weighted by Crippen LogP contribution is 2.16. The molecule has 1 atom stereocenters. The first-order valence-corrected chi connectivity index (χ1v) is 7.70. The van der Waals surface area contributed by atoms with Gasteiger partial charge in [0.25, 0.3) is 0 Å². The van der Waals surface area contributed by atoms with Gasteiger partial charge in [-0.05, 0) is 26.0 Å². The fourth-order valence-electron chi connectivity index (χ4n) is 1.76. The summed E-state index contributed by atoms with van der Waals surface area (Å²) in [6.07, 6.45) is -0.254. The molecule has 0 spiro atoms. The molecular formula is C17H24O6. The van der Waals surface area contributed by atoms with Crippen LogP contribution in [0.3, 0.4) is 0 Å². The molecule has 0 radical (unpaired) electrons. The van der Waals surface area contributed by atoms with Crippen molar-refractivity contribution >= 4 is 5.97 Å². The summed E-state index contributed by atoms with van der Waals surface area (Å²) in [7, 11) is 0. The predicted molar refractivity (Wildman–Crippen MR) is 84.3 cm³/mol. The third-order valence-electron chi connectivity index (χ3n) is 2.67. The van der Waals surface area contributed by atoms with Crippen LogP contribution < -0.4 is 4.74 Å². The molecule has 6 nitrogen and oxygen atoms in total. The summed E-state index contributed by atoms with van der Waals surface area (Å²) in [6.45, 7) is 7.83. The fraction of sp³-hybridized carbons (Fsp3) is 0.471. The van der Waals surface area contributed by atoms with Gasteiger partial charge in [-0.1, -0.05) is 25.1 Å². The van der Waals surface area contributed by atoms with Gasteiger partial charge in [-0.3, -0.25) is 4.89 Å². The zero-order valence-corrected chi connectivity index (χ0v) is 14.0. The molecule has 0 heterocycles. The van der Waals surface area contributed by atoms with E-state index in [1.807, 2.05) is 32.0 Å². The van der Waals surface area contributed by atoms with Crippen LogP contribution in [0.1, 0.15) is 34.1 Å². The maximum absolute atomic E-state index is 12.1. The molecule has 1 aromatic carbocycles. The van der Waals surface area contributed by atoms with Crippen molar-refractivity contribution < 1.29 is 28.8 Å². The van der Waals surface area contributed by atoms with Gasteiger partial charge in [0.15, 0.2) is 0 Å². The monoisotopic (exact) mass is 324 g/mol. The van der Waals surface area contributed by atoms with E-state index >= 15 is 0 Å². The van der Waals surface area contributed by atoms with E-state index in [1.165, 1.54) is 0 Å². The second-order valence-corrected chi connectivity index (χ2v) is 4.44. The van der Waals surface area contributed by atoms with Gasteiger partial charge in [0.1, 0.15) is 11.5 Å².